The van der Waals surface area contributed by atoms with Crippen LogP contribution in [0.2, 0.25) is 0 Å². The summed E-state index contributed by atoms with van der Waals surface area (Å²) in [5, 5.41) is 0. The Bertz CT molecular complexity index is 670. The number of ether oxygens (including phenoxy) is 2. The Labute approximate surface area is 170 Å². The van der Waals surface area contributed by atoms with Crippen molar-refractivity contribution in [2.75, 3.05) is 6.61 Å². The Balaban J connectivity index is 1.65. The Kier molecular flexibility index (Phi) is 4.67. The average molecular weight is 391 g/mol. The van der Waals surface area contributed by atoms with Crippen molar-refractivity contribution in [1.82, 2.24) is 0 Å². The average Bonchev–Trinajstić information content (AvgIpc) is 3.19. The van der Waals surface area contributed by atoms with Crippen LogP contribution in [0.15, 0.2) is 0 Å². The van der Waals surface area contributed by atoms with Gasteiger partial charge in [0.15, 0.2) is 0 Å². The molecule has 4 aliphatic carbocycles. The number of fused-ring (bicyclic) bond motifs is 5. The Morgan fingerprint density at radius 3 is 2.36 bits per heavy atom. The van der Waals surface area contributed by atoms with Crippen LogP contribution < -0.4 is 0 Å². The monoisotopic (exact) mass is 390 g/mol. The number of esters is 2. The highest BCUT2D eigenvalue weighted by molar-refractivity contribution is 5.66. The largest absolute Gasteiger partial charge is 0.466 e. The van der Waals surface area contributed by atoms with Crippen LogP contribution in [-0.2, 0) is 19.1 Å². The first-order valence-corrected chi connectivity index (χ1v) is 11.3. The molecule has 0 aromatic rings. The molecule has 4 saturated carbocycles. The highest BCUT2D eigenvalue weighted by Crippen LogP contribution is 2.75. The minimum atomic E-state index is -0.211. The summed E-state index contributed by atoms with van der Waals surface area (Å²) >= 11 is 0. The summed E-state index contributed by atoms with van der Waals surface area (Å²) in [6, 6.07) is 0. The van der Waals surface area contributed by atoms with E-state index in [0.717, 1.165) is 12.3 Å². The maximum Gasteiger partial charge on any atom is 0.302 e. The molecule has 0 heterocycles. The fourth-order valence-electron chi connectivity index (χ4n) is 8.48. The van der Waals surface area contributed by atoms with Gasteiger partial charge in [-0.05, 0) is 66.6 Å². The molecule has 158 valence electrons. The Morgan fingerprint density at radius 1 is 1.00 bits per heavy atom. The lowest BCUT2D eigenvalue weighted by Crippen LogP contribution is -2.55. The van der Waals surface area contributed by atoms with Gasteiger partial charge in [0.25, 0.3) is 0 Å². The fraction of sp³-hybridized carbons (Fsp3) is 0.917. The molecular weight excluding hydrogens is 352 g/mol. The Morgan fingerprint density at radius 2 is 1.71 bits per heavy atom. The molecule has 4 fully saturated rings. The van der Waals surface area contributed by atoms with Gasteiger partial charge >= 0.3 is 11.9 Å². The normalized spacial score (nSPS) is 48.5. The quantitative estimate of drug-likeness (QED) is 0.637. The van der Waals surface area contributed by atoms with Gasteiger partial charge < -0.3 is 9.47 Å². The number of hydrogen-bond donors (Lipinski definition) is 0. The molecule has 0 bridgehead atoms. The van der Waals surface area contributed by atoms with Crippen LogP contribution in [0.1, 0.15) is 80.1 Å². The second-order valence-electron chi connectivity index (χ2n) is 11.4. The molecule has 4 aliphatic rings. The fourth-order valence-corrected chi connectivity index (χ4v) is 8.48. The minimum Gasteiger partial charge on any atom is -0.466 e. The van der Waals surface area contributed by atoms with Crippen molar-refractivity contribution in [2.45, 2.75) is 86.2 Å². The Hall–Kier alpha value is -1.06. The SMILES string of the molecule is CC(=O)OC[C@@H]1[C@H]2[C@@H]3CC[C@H]4C(C)(C)CCC[C@]4(C)[C@H]3C[C@@H](OC(C)=O)[C@]21C. The molecule has 0 radical (unpaired) electrons. The topological polar surface area (TPSA) is 52.6 Å². The second-order valence-corrected chi connectivity index (χ2v) is 11.4. The van der Waals surface area contributed by atoms with E-state index in [1.54, 1.807) is 0 Å². The maximum absolute atomic E-state index is 11.9. The summed E-state index contributed by atoms with van der Waals surface area (Å²) in [6.45, 7) is 13.2. The van der Waals surface area contributed by atoms with Gasteiger partial charge in [-0.2, -0.15) is 0 Å². The lowest BCUT2D eigenvalue weighted by Gasteiger charge is -2.61. The molecule has 0 spiro atoms. The third-order valence-electron chi connectivity index (χ3n) is 9.67. The number of rotatable bonds is 3. The predicted molar refractivity (Wildman–Crippen MR) is 107 cm³/mol. The lowest BCUT2D eigenvalue weighted by atomic mass is 9.44. The van der Waals surface area contributed by atoms with E-state index >= 15 is 0 Å². The van der Waals surface area contributed by atoms with Crippen molar-refractivity contribution in [3.63, 3.8) is 0 Å². The summed E-state index contributed by atoms with van der Waals surface area (Å²) in [5.41, 5.74) is 0.699. The molecule has 0 amide bonds. The number of carbonyl (C=O) groups is 2. The van der Waals surface area contributed by atoms with Crippen molar-refractivity contribution in [3.8, 4) is 0 Å². The van der Waals surface area contributed by atoms with E-state index in [2.05, 4.69) is 27.7 Å². The van der Waals surface area contributed by atoms with E-state index in [4.69, 9.17) is 9.47 Å². The van der Waals surface area contributed by atoms with Crippen molar-refractivity contribution < 1.29 is 19.1 Å². The van der Waals surface area contributed by atoms with Crippen LogP contribution in [0, 0.1) is 45.8 Å². The van der Waals surface area contributed by atoms with Crippen LogP contribution in [0.4, 0.5) is 0 Å². The minimum absolute atomic E-state index is 0.0321. The number of carbonyl (C=O) groups excluding carboxylic acids is 2. The molecule has 4 heteroatoms. The van der Waals surface area contributed by atoms with Gasteiger partial charge in [0.05, 0.1) is 6.61 Å². The van der Waals surface area contributed by atoms with E-state index in [1.807, 2.05) is 0 Å². The van der Waals surface area contributed by atoms with Crippen LogP contribution in [0.5, 0.6) is 0 Å². The summed E-state index contributed by atoms with van der Waals surface area (Å²) in [7, 11) is 0. The zero-order valence-corrected chi connectivity index (χ0v) is 18.5. The molecule has 0 aromatic heterocycles. The van der Waals surface area contributed by atoms with E-state index in [0.29, 0.717) is 41.1 Å². The molecule has 8 atom stereocenters. The summed E-state index contributed by atoms with van der Waals surface area (Å²) in [6.07, 6.45) is 7.46. The van der Waals surface area contributed by atoms with E-state index in [-0.39, 0.29) is 23.5 Å². The first kappa shape index (κ1) is 20.2. The van der Waals surface area contributed by atoms with Gasteiger partial charge in [0.1, 0.15) is 6.10 Å². The lowest BCUT2D eigenvalue weighted by molar-refractivity contribution is -0.168. The van der Waals surface area contributed by atoms with Crippen molar-refractivity contribution in [2.24, 2.45) is 45.8 Å². The van der Waals surface area contributed by atoms with Gasteiger partial charge in [-0.25, -0.2) is 0 Å². The summed E-state index contributed by atoms with van der Waals surface area (Å²) in [4.78, 5) is 23.3. The molecule has 0 saturated heterocycles. The van der Waals surface area contributed by atoms with Crippen molar-refractivity contribution in [3.05, 3.63) is 0 Å². The van der Waals surface area contributed by atoms with E-state index < -0.39 is 0 Å². The first-order valence-electron chi connectivity index (χ1n) is 11.3. The molecule has 4 rings (SSSR count). The zero-order chi connectivity index (χ0) is 20.5. The standard InChI is InChI=1S/C24H38O4/c1-14(25)27-13-18-21-16-8-9-19-22(3,4)10-7-11-23(19,5)17(16)12-20(24(18,21)6)28-15(2)26/h16-21H,7-13H2,1-6H3/t16-,17+,18-,19+,20-,21-,23-,24-/m1/s1. The molecular formula is C24H38O4. The van der Waals surface area contributed by atoms with Crippen LogP contribution in [-0.4, -0.2) is 24.6 Å². The smallest absolute Gasteiger partial charge is 0.302 e. The summed E-state index contributed by atoms with van der Waals surface area (Å²) in [5.74, 6) is 2.48. The van der Waals surface area contributed by atoms with Crippen LogP contribution in [0.25, 0.3) is 0 Å². The van der Waals surface area contributed by atoms with Gasteiger partial charge in [-0.3, -0.25) is 9.59 Å². The van der Waals surface area contributed by atoms with Crippen LogP contribution >= 0.6 is 0 Å². The van der Waals surface area contributed by atoms with E-state index in [9.17, 15) is 9.59 Å². The van der Waals surface area contributed by atoms with Gasteiger partial charge in [0.2, 0.25) is 0 Å². The highest BCUT2D eigenvalue weighted by atomic mass is 16.5. The third kappa shape index (κ3) is 2.84. The third-order valence-corrected chi connectivity index (χ3v) is 9.67. The summed E-state index contributed by atoms with van der Waals surface area (Å²) < 4.78 is 11.4. The van der Waals surface area contributed by atoms with Gasteiger partial charge in [-0.1, -0.05) is 34.1 Å². The molecule has 0 unspecified atom stereocenters. The molecule has 28 heavy (non-hydrogen) atoms. The van der Waals surface area contributed by atoms with Crippen molar-refractivity contribution in [1.29, 1.82) is 0 Å². The van der Waals surface area contributed by atoms with Gasteiger partial charge in [-0.15, -0.1) is 0 Å². The second kappa shape index (κ2) is 6.47. The van der Waals surface area contributed by atoms with Crippen molar-refractivity contribution >= 4 is 11.9 Å². The van der Waals surface area contributed by atoms with E-state index in [1.165, 1.54) is 46.0 Å². The number of hydrogen-bond acceptors (Lipinski definition) is 4. The molecule has 4 nitrogen and oxygen atoms in total. The highest BCUT2D eigenvalue weighted by Gasteiger charge is 2.74. The predicted octanol–water partition coefficient (Wildman–Crippen LogP) is 5.00. The van der Waals surface area contributed by atoms with Gasteiger partial charge in [0, 0.05) is 25.2 Å². The molecule has 0 aromatic carbocycles. The molecule has 0 N–H and O–H groups in total. The zero-order valence-electron chi connectivity index (χ0n) is 18.5. The maximum atomic E-state index is 11.9. The van der Waals surface area contributed by atoms with Crippen LogP contribution in [0.3, 0.4) is 0 Å². The molecule has 0 aliphatic heterocycles. The first-order chi connectivity index (χ1) is 13.0.